The maximum absolute atomic E-state index is 5.35. The monoisotopic (exact) mass is 565 g/mol. The molecule has 0 fully saturated rings. The second-order valence-electron chi connectivity index (χ2n) is 11.6. The van der Waals surface area contributed by atoms with Crippen LogP contribution in [0.4, 0.5) is 0 Å². The summed E-state index contributed by atoms with van der Waals surface area (Å²) in [5, 5.41) is 0. The van der Waals surface area contributed by atoms with Gasteiger partial charge in [0.1, 0.15) is 0 Å². The van der Waals surface area contributed by atoms with Crippen LogP contribution >= 0.6 is 0 Å². The van der Waals surface area contributed by atoms with Crippen molar-refractivity contribution in [1.82, 2.24) is 15.0 Å². The van der Waals surface area contributed by atoms with Gasteiger partial charge in [-0.25, -0.2) is 4.98 Å². The number of aromatic amines is 2. The van der Waals surface area contributed by atoms with Gasteiger partial charge in [0, 0.05) is 44.3 Å². The first-order valence-corrected chi connectivity index (χ1v) is 15.1. The number of fused-ring (bicyclic) bond motifs is 6. The Morgan fingerprint density at radius 2 is 0.818 bits per heavy atom. The molecule has 4 aromatic carbocycles. The fraction of sp³-hybridized carbons (Fsp3) is 0.0488. The van der Waals surface area contributed by atoms with Crippen LogP contribution in [0.3, 0.4) is 0 Å². The molecule has 210 valence electrons. The molecular formula is C41H31N3. The predicted octanol–water partition coefficient (Wildman–Crippen LogP) is 10.9. The minimum Gasteiger partial charge on any atom is -0.354 e. The van der Waals surface area contributed by atoms with Crippen molar-refractivity contribution in [3.05, 3.63) is 150 Å². The Balaban J connectivity index is 1.57. The number of aromatic nitrogens is 3. The molecule has 3 heteroatoms. The summed E-state index contributed by atoms with van der Waals surface area (Å²) in [4.78, 5) is 13.0. The highest BCUT2D eigenvalue weighted by Crippen LogP contribution is 2.39. The van der Waals surface area contributed by atoms with Crippen molar-refractivity contribution in [2.75, 3.05) is 0 Å². The van der Waals surface area contributed by atoms with Crippen molar-refractivity contribution in [3.8, 4) is 44.5 Å². The zero-order chi connectivity index (χ0) is 29.6. The third-order valence-corrected chi connectivity index (χ3v) is 8.53. The summed E-state index contributed by atoms with van der Waals surface area (Å²) in [5.41, 5.74) is 17.6. The maximum Gasteiger partial charge on any atom is 0.0737 e. The summed E-state index contributed by atoms with van der Waals surface area (Å²) in [7, 11) is 0. The van der Waals surface area contributed by atoms with Crippen LogP contribution in [0.2, 0.25) is 0 Å². The predicted molar refractivity (Wildman–Crippen MR) is 186 cm³/mol. The molecule has 0 saturated heterocycles. The van der Waals surface area contributed by atoms with Gasteiger partial charge in [0.05, 0.1) is 11.4 Å². The fourth-order valence-corrected chi connectivity index (χ4v) is 6.26. The molecule has 44 heavy (non-hydrogen) atoms. The van der Waals surface area contributed by atoms with Crippen LogP contribution in [0.1, 0.15) is 22.5 Å². The number of benzene rings is 4. The van der Waals surface area contributed by atoms with Crippen molar-refractivity contribution in [1.29, 1.82) is 0 Å². The van der Waals surface area contributed by atoms with Crippen LogP contribution in [-0.2, 0) is 0 Å². The van der Waals surface area contributed by atoms with Gasteiger partial charge in [-0.3, -0.25) is 0 Å². The van der Waals surface area contributed by atoms with Gasteiger partial charge >= 0.3 is 0 Å². The normalized spacial score (nSPS) is 11.8. The van der Waals surface area contributed by atoms with Crippen LogP contribution in [0.25, 0.3) is 78.7 Å². The Morgan fingerprint density at radius 3 is 1.23 bits per heavy atom. The van der Waals surface area contributed by atoms with Gasteiger partial charge in [-0.2, -0.15) is 0 Å². The number of nitrogens with one attached hydrogen (secondary N) is 2. The smallest absolute Gasteiger partial charge is 0.0737 e. The first-order chi connectivity index (χ1) is 21.6. The molecule has 3 aromatic heterocycles. The van der Waals surface area contributed by atoms with E-state index in [2.05, 4.69) is 163 Å². The van der Waals surface area contributed by atoms with Crippen LogP contribution in [0.15, 0.2) is 127 Å². The quantitative estimate of drug-likeness (QED) is 0.219. The zero-order valence-corrected chi connectivity index (χ0v) is 24.7. The summed E-state index contributed by atoms with van der Waals surface area (Å²) in [6.07, 6.45) is 4.32. The Hall–Kier alpha value is -5.67. The third-order valence-electron chi connectivity index (χ3n) is 8.53. The first-order valence-electron chi connectivity index (χ1n) is 15.1. The average Bonchev–Trinajstić information content (AvgIpc) is 3.80. The first kappa shape index (κ1) is 26.0. The molecule has 0 aliphatic carbocycles. The lowest BCUT2D eigenvalue weighted by molar-refractivity contribution is 1.31. The minimum absolute atomic E-state index is 0.941. The number of aryl methyl sites for hydroxylation is 2. The number of rotatable bonds is 4. The largest absolute Gasteiger partial charge is 0.354 e. The molecular weight excluding hydrogens is 534 g/mol. The molecule has 0 unspecified atom stereocenters. The van der Waals surface area contributed by atoms with E-state index in [-0.39, 0.29) is 0 Å². The number of nitrogens with zero attached hydrogens (tertiary/aromatic N) is 1. The second kappa shape index (κ2) is 10.6. The zero-order valence-electron chi connectivity index (χ0n) is 24.7. The van der Waals surface area contributed by atoms with Gasteiger partial charge in [-0.15, -0.1) is 0 Å². The highest BCUT2D eigenvalue weighted by atomic mass is 14.8. The Bertz CT molecular complexity index is 2090. The Kier molecular flexibility index (Phi) is 6.23. The fourth-order valence-electron chi connectivity index (χ4n) is 6.26. The molecule has 0 spiro atoms. The molecule has 0 saturated carbocycles. The van der Waals surface area contributed by atoms with Gasteiger partial charge in [-0.1, -0.05) is 120 Å². The number of hydrogen-bond acceptors (Lipinski definition) is 1. The summed E-state index contributed by atoms with van der Waals surface area (Å²) in [5.74, 6) is 0. The van der Waals surface area contributed by atoms with Crippen molar-refractivity contribution in [2.24, 2.45) is 0 Å². The van der Waals surface area contributed by atoms with Crippen molar-refractivity contribution in [2.45, 2.75) is 13.8 Å². The van der Waals surface area contributed by atoms with Gasteiger partial charge in [0.2, 0.25) is 0 Å². The van der Waals surface area contributed by atoms with Crippen molar-refractivity contribution >= 4 is 34.2 Å². The highest BCUT2D eigenvalue weighted by Gasteiger charge is 2.18. The second-order valence-corrected chi connectivity index (χ2v) is 11.6. The van der Waals surface area contributed by atoms with Crippen LogP contribution < -0.4 is 0 Å². The molecule has 0 atom stereocenters. The lowest BCUT2D eigenvalue weighted by atomic mass is 10.0. The molecule has 0 radical (unpaired) electrons. The lowest BCUT2D eigenvalue weighted by Gasteiger charge is -2.06. The Labute approximate surface area is 256 Å². The van der Waals surface area contributed by atoms with E-state index in [1.54, 1.807) is 0 Å². The molecule has 3 nitrogen and oxygen atoms in total. The maximum atomic E-state index is 5.35. The minimum atomic E-state index is 0.941. The van der Waals surface area contributed by atoms with E-state index < -0.39 is 0 Å². The van der Waals surface area contributed by atoms with Crippen LogP contribution in [0, 0.1) is 13.8 Å². The van der Waals surface area contributed by atoms with Crippen LogP contribution in [0.5, 0.6) is 0 Å². The van der Waals surface area contributed by atoms with Crippen LogP contribution in [-0.4, -0.2) is 15.0 Å². The number of hydrogen-bond donors (Lipinski definition) is 2. The van der Waals surface area contributed by atoms with E-state index in [0.29, 0.717) is 0 Å². The van der Waals surface area contributed by atoms with Crippen molar-refractivity contribution in [3.63, 3.8) is 0 Å². The van der Waals surface area contributed by atoms with Gasteiger partial charge in [-0.05, 0) is 66.5 Å². The molecule has 1 aliphatic rings. The molecule has 8 rings (SSSR count). The Morgan fingerprint density at radius 1 is 0.409 bits per heavy atom. The lowest BCUT2D eigenvalue weighted by Crippen LogP contribution is -1.88. The van der Waals surface area contributed by atoms with E-state index in [4.69, 9.17) is 4.98 Å². The summed E-state index contributed by atoms with van der Waals surface area (Å²) in [6, 6.07) is 45.5. The van der Waals surface area contributed by atoms with Gasteiger partial charge < -0.3 is 9.97 Å². The summed E-state index contributed by atoms with van der Waals surface area (Å²) >= 11 is 0. The molecule has 1 aliphatic heterocycles. The molecule has 4 heterocycles. The van der Waals surface area contributed by atoms with Gasteiger partial charge in [0.25, 0.3) is 0 Å². The third kappa shape index (κ3) is 4.60. The standard InChI is InChI=1S/C41H31N3/c1-26-13-17-30(18-14-26)40-34-21-22-35(42-34)41(31-19-15-27(2)16-20-31)39-24-33(29-11-7-4-8-12-29)37(44-39)25-36-32(23-38(40)43-36)28-9-5-3-6-10-28/h3-25,43-44H,1-2H3. The number of H-pyrrole nitrogens is 2. The summed E-state index contributed by atoms with van der Waals surface area (Å²) < 4.78 is 0. The van der Waals surface area contributed by atoms with E-state index in [9.17, 15) is 0 Å². The van der Waals surface area contributed by atoms with E-state index in [1.807, 2.05) is 0 Å². The summed E-state index contributed by atoms with van der Waals surface area (Å²) in [6.45, 7) is 4.25. The van der Waals surface area contributed by atoms with Gasteiger partial charge in [0.15, 0.2) is 0 Å². The molecule has 2 N–H and O–H groups in total. The van der Waals surface area contributed by atoms with E-state index >= 15 is 0 Å². The topological polar surface area (TPSA) is 44.5 Å². The molecule has 0 amide bonds. The van der Waals surface area contributed by atoms with E-state index in [1.165, 1.54) is 11.1 Å². The van der Waals surface area contributed by atoms with Crippen molar-refractivity contribution < 1.29 is 0 Å². The molecule has 7 aromatic rings. The van der Waals surface area contributed by atoms with E-state index in [0.717, 1.165) is 78.0 Å². The SMILES string of the molecule is Cc1ccc(-c2c3nc(c(-c4ccc(C)cc4)c4cc(-c5ccccc5)c(cc5[nH]c2cc5-c2ccccc2)[nH]4)C=C3)cc1. The average molecular weight is 566 g/mol. The molecule has 6 bridgehead atoms. The highest BCUT2D eigenvalue weighted by molar-refractivity contribution is 6.01.